The average molecular weight is 248 g/mol. The highest BCUT2D eigenvalue weighted by molar-refractivity contribution is 5.24. The third-order valence-electron chi connectivity index (χ3n) is 3.28. The molecule has 5 heteroatoms. The quantitative estimate of drug-likeness (QED) is 0.483. The van der Waals surface area contributed by atoms with Crippen molar-refractivity contribution >= 4 is 0 Å². The van der Waals surface area contributed by atoms with Gasteiger partial charge >= 0.3 is 0 Å². The fourth-order valence-corrected chi connectivity index (χ4v) is 2.28. The first kappa shape index (κ1) is 13.0. The first-order valence-electron chi connectivity index (χ1n) is 6.38. The highest BCUT2D eigenvalue weighted by Gasteiger charge is 2.18. The first-order chi connectivity index (χ1) is 8.85. The van der Waals surface area contributed by atoms with Crippen LogP contribution >= 0.6 is 0 Å². The molecule has 0 saturated carbocycles. The van der Waals surface area contributed by atoms with Gasteiger partial charge in [0.2, 0.25) is 5.88 Å². The highest BCUT2D eigenvalue weighted by atomic mass is 16.5. The van der Waals surface area contributed by atoms with Crippen LogP contribution < -0.4 is 16.0 Å². The first-order valence-corrected chi connectivity index (χ1v) is 6.38. The molecular weight excluding hydrogens is 228 g/mol. The summed E-state index contributed by atoms with van der Waals surface area (Å²) in [7, 11) is 1.58. The average Bonchev–Trinajstić information content (AvgIpc) is 2.70. The Kier molecular flexibility index (Phi) is 4.66. The molecule has 1 heterocycles. The topological polar surface area (TPSA) is 73.1 Å². The SMILES string of the molecule is COc1ccc(C(NN)C2=CCCCCC2)nn1. The van der Waals surface area contributed by atoms with Crippen LogP contribution in [0, 0.1) is 0 Å². The number of aromatic nitrogens is 2. The van der Waals surface area contributed by atoms with Gasteiger partial charge in [-0.2, -0.15) is 0 Å². The predicted octanol–water partition coefficient (Wildman–Crippen LogP) is 1.88. The largest absolute Gasteiger partial charge is 0.480 e. The van der Waals surface area contributed by atoms with Gasteiger partial charge in [0.05, 0.1) is 18.8 Å². The molecule has 0 amide bonds. The number of hydrazine groups is 1. The molecule has 1 aromatic rings. The van der Waals surface area contributed by atoms with Crippen LogP contribution in [0.15, 0.2) is 23.8 Å². The number of allylic oxidation sites excluding steroid dienone is 1. The molecule has 1 aliphatic rings. The Bertz CT molecular complexity index is 402. The molecule has 1 unspecified atom stereocenters. The van der Waals surface area contributed by atoms with Crippen molar-refractivity contribution in [3.63, 3.8) is 0 Å². The maximum Gasteiger partial charge on any atom is 0.233 e. The Hall–Kier alpha value is -1.46. The molecule has 98 valence electrons. The molecule has 1 aromatic heterocycles. The Morgan fingerprint density at radius 3 is 2.83 bits per heavy atom. The number of nitrogens with zero attached hydrogens (tertiary/aromatic N) is 2. The van der Waals surface area contributed by atoms with E-state index in [0.717, 1.165) is 18.5 Å². The molecule has 0 saturated heterocycles. The van der Waals surface area contributed by atoms with Crippen molar-refractivity contribution in [1.82, 2.24) is 15.6 Å². The van der Waals surface area contributed by atoms with Gasteiger partial charge < -0.3 is 4.74 Å². The van der Waals surface area contributed by atoms with E-state index in [9.17, 15) is 0 Å². The molecule has 0 aromatic carbocycles. The van der Waals surface area contributed by atoms with Gasteiger partial charge in [-0.25, -0.2) is 5.43 Å². The lowest BCUT2D eigenvalue weighted by molar-refractivity contribution is 0.390. The Morgan fingerprint density at radius 1 is 1.28 bits per heavy atom. The van der Waals surface area contributed by atoms with Crippen molar-refractivity contribution in [2.24, 2.45) is 5.84 Å². The summed E-state index contributed by atoms with van der Waals surface area (Å²) in [6.45, 7) is 0. The lowest BCUT2D eigenvalue weighted by atomic mass is 9.99. The third-order valence-corrected chi connectivity index (χ3v) is 3.28. The number of methoxy groups -OCH3 is 1. The monoisotopic (exact) mass is 248 g/mol. The second kappa shape index (κ2) is 6.47. The Morgan fingerprint density at radius 2 is 2.17 bits per heavy atom. The van der Waals surface area contributed by atoms with Gasteiger partial charge in [0.25, 0.3) is 0 Å². The van der Waals surface area contributed by atoms with Gasteiger partial charge in [-0.15, -0.1) is 10.2 Å². The van der Waals surface area contributed by atoms with Crippen LogP contribution in [0.3, 0.4) is 0 Å². The summed E-state index contributed by atoms with van der Waals surface area (Å²) in [5.41, 5.74) is 5.00. The van der Waals surface area contributed by atoms with Crippen molar-refractivity contribution in [1.29, 1.82) is 0 Å². The molecule has 1 atom stereocenters. The Balaban J connectivity index is 2.18. The second-order valence-corrected chi connectivity index (χ2v) is 4.48. The van der Waals surface area contributed by atoms with E-state index in [2.05, 4.69) is 21.7 Å². The summed E-state index contributed by atoms with van der Waals surface area (Å²) in [6, 6.07) is 3.67. The normalized spacial score (nSPS) is 17.8. The number of ether oxygens (including phenoxy) is 1. The molecule has 2 rings (SSSR count). The van der Waals surface area contributed by atoms with Crippen molar-refractivity contribution in [2.75, 3.05) is 7.11 Å². The molecule has 1 aliphatic carbocycles. The standard InChI is InChI=1S/C13H20N4O/c1-18-12-9-8-11(16-17-12)13(15-14)10-6-4-2-3-5-7-10/h6,8-9,13,15H,2-5,7,14H2,1H3. The molecule has 0 radical (unpaired) electrons. The molecule has 0 bridgehead atoms. The third kappa shape index (κ3) is 3.05. The van der Waals surface area contributed by atoms with E-state index in [-0.39, 0.29) is 6.04 Å². The summed E-state index contributed by atoms with van der Waals surface area (Å²) in [5.74, 6) is 6.19. The summed E-state index contributed by atoms with van der Waals surface area (Å²) in [5, 5.41) is 8.16. The predicted molar refractivity (Wildman–Crippen MR) is 69.8 cm³/mol. The van der Waals surface area contributed by atoms with Crippen LogP contribution in [0.25, 0.3) is 0 Å². The van der Waals surface area contributed by atoms with Gasteiger partial charge in [-0.05, 0) is 37.3 Å². The lowest BCUT2D eigenvalue weighted by Crippen LogP contribution is -2.30. The van der Waals surface area contributed by atoms with Gasteiger partial charge in [0.1, 0.15) is 0 Å². The minimum absolute atomic E-state index is 0.0403. The zero-order valence-corrected chi connectivity index (χ0v) is 10.7. The van der Waals surface area contributed by atoms with E-state index in [4.69, 9.17) is 10.6 Å². The van der Waals surface area contributed by atoms with E-state index in [1.165, 1.54) is 24.8 Å². The van der Waals surface area contributed by atoms with Crippen LogP contribution in [0.1, 0.15) is 43.8 Å². The van der Waals surface area contributed by atoms with Crippen LogP contribution in [0.4, 0.5) is 0 Å². The molecule has 0 spiro atoms. The molecule has 5 nitrogen and oxygen atoms in total. The lowest BCUT2D eigenvalue weighted by Gasteiger charge is -2.18. The van der Waals surface area contributed by atoms with Gasteiger partial charge in [0.15, 0.2) is 0 Å². The highest BCUT2D eigenvalue weighted by Crippen LogP contribution is 2.27. The fourth-order valence-electron chi connectivity index (χ4n) is 2.28. The summed E-state index contributed by atoms with van der Waals surface area (Å²) < 4.78 is 5.01. The molecular formula is C13H20N4O. The van der Waals surface area contributed by atoms with Crippen LogP contribution in [0.2, 0.25) is 0 Å². The minimum atomic E-state index is -0.0403. The maximum atomic E-state index is 5.67. The minimum Gasteiger partial charge on any atom is -0.480 e. The van der Waals surface area contributed by atoms with Gasteiger partial charge in [-0.1, -0.05) is 12.5 Å². The van der Waals surface area contributed by atoms with Crippen LogP contribution in [-0.2, 0) is 0 Å². The summed E-state index contributed by atoms with van der Waals surface area (Å²) in [4.78, 5) is 0. The number of nitrogens with one attached hydrogen (secondary N) is 1. The van der Waals surface area contributed by atoms with Crippen molar-refractivity contribution in [3.8, 4) is 5.88 Å². The molecule has 18 heavy (non-hydrogen) atoms. The zero-order chi connectivity index (χ0) is 12.8. The van der Waals surface area contributed by atoms with Gasteiger partial charge in [-0.3, -0.25) is 5.84 Å². The Labute approximate surface area is 107 Å². The van der Waals surface area contributed by atoms with E-state index >= 15 is 0 Å². The van der Waals surface area contributed by atoms with E-state index in [1.807, 2.05) is 12.1 Å². The summed E-state index contributed by atoms with van der Waals surface area (Å²) >= 11 is 0. The van der Waals surface area contributed by atoms with Crippen LogP contribution in [-0.4, -0.2) is 17.3 Å². The number of hydrogen-bond donors (Lipinski definition) is 2. The van der Waals surface area contributed by atoms with E-state index in [1.54, 1.807) is 7.11 Å². The van der Waals surface area contributed by atoms with E-state index < -0.39 is 0 Å². The molecule has 3 N–H and O–H groups in total. The molecule has 0 fully saturated rings. The molecule has 0 aliphatic heterocycles. The van der Waals surface area contributed by atoms with Gasteiger partial charge in [0, 0.05) is 6.07 Å². The zero-order valence-electron chi connectivity index (χ0n) is 10.7. The number of rotatable bonds is 4. The summed E-state index contributed by atoms with van der Waals surface area (Å²) in [6.07, 6.45) is 8.23. The number of nitrogens with two attached hydrogens (primary N) is 1. The van der Waals surface area contributed by atoms with Crippen molar-refractivity contribution in [3.05, 3.63) is 29.5 Å². The smallest absolute Gasteiger partial charge is 0.233 e. The second-order valence-electron chi connectivity index (χ2n) is 4.48. The number of hydrogen-bond acceptors (Lipinski definition) is 5. The van der Waals surface area contributed by atoms with Crippen molar-refractivity contribution in [2.45, 2.75) is 38.1 Å². The fraction of sp³-hybridized carbons (Fsp3) is 0.538. The van der Waals surface area contributed by atoms with E-state index in [0.29, 0.717) is 5.88 Å². The van der Waals surface area contributed by atoms with Crippen molar-refractivity contribution < 1.29 is 4.74 Å². The maximum absolute atomic E-state index is 5.67. The van der Waals surface area contributed by atoms with Crippen LogP contribution in [0.5, 0.6) is 5.88 Å².